The Balaban J connectivity index is 0.975. The molecule has 0 radical (unpaired) electrons. The van der Waals surface area contributed by atoms with Crippen LogP contribution in [0.3, 0.4) is 0 Å². The van der Waals surface area contributed by atoms with Crippen LogP contribution in [-0.2, 0) is 104 Å². The number of aromatic nitrogens is 6. The maximum atomic E-state index is 15.1. The average Bonchev–Trinajstić information content (AvgIpc) is 1.10. The molecule has 0 aliphatic carbocycles. The van der Waals surface area contributed by atoms with Gasteiger partial charge in [-0.2, -0.15) is 17.9 Å². The van der Waals surface area contributed by atoms with Crippen molar-refractivity contribution < 1.29 is 139 Å². The van der Waals surface area contributed by atoms with Crippen LogP contribution in [-0.4, -0.2) is 357 Å². The van der Waals surface area contributed by atoms with Crippen molar-refractivity contribution in [3.63, 3.8) is 0 Å². The van der Waals surface area contributed by atoms with E-state index in [0.717, 1.165) is 24.2 Å². The number of amides is 7. The van der Waals surface area contributed by atoms with E-state index in [0.29, 0.717) is 45.3 Å². The second-order valence-electron chi connectivity index (χ2n) is 37.3. The summed E-state index contributed by atoms with van der Waals surface area (Å²) >= 11 is 0. The van der Waals surface area contributed by atoms with Crippen LogP contribution in [0.4, 0.5) is 11.9 Å². The number of imidazole rings is 2. The van der Waals surface area contributed by atoms with Gasteiger partial charge in [0.1, 0.15) is 99.2 Å². The zero-order chi connectivity index (χ0) is 106. The number of nitrogens with one attached hydrogen (secondary N) is 13. The van der Waals surface area contributed by atoms with Gasteiger partial charge < -0.3 is 119 Å². The SMILES string of the molecule is CC(=O)[C@H](CNC(=O)c1cn(CCCNC(=O)[C@H](CS(=O)(=O)O)NC(=O)[C@H](CCC(=O)N[C@@H](CS(O)(O)O)C(=O)NCCCn2cc(C(=O)NC[C@H](NS(=O)(=O)c3c(C)cc(C)cc3C)C(=O)O)c(=O)c3ccc(CNc4ncc[nH]4)cc32)NC(=O)C[N+]2(C)CC[N+](C)(CC(=O)O)CC[N+](C)(CC(=O)O)CC[N+](C)(CC(=O)O)CC2)c2cc(CNc3ncc[nH]3)ccc2c1=O)NS(=O)(=O)c1c(C)cc(C)cc1C. The number of carbonyl (C=O) groups excluding carboxylic acids is 8. The largest absolute Gasteiger partial charge is 0.480 e. The molecule has 0 saturated carbocycles. The summed E-state index contributed by atoms with van der Waals surface area (Å²) in [6.45, 7) is 6.71. The van der Waals surface area contributed by atoms with E-state index >= 15 is 9.59 Å². The van der Waals surface area contributed by atoms with Crippen LogP contribution in [0.5, 0.6) is 0 Å². The molecule has 7 atom stereocenters. The van der Waals surface area contributed by atoms with E-state index in [1.165, 1.54) is 53.7 Å². The first kappa shape index (κ1) is 114. The third-order valence-electron chi connectivity index (χ3n) is 24.7. The van der Waals surface area contributed by atoms with E-state index in [1.54, 1.807) is 117 Å². The monoisotopic (exact) mass is 2080 g/mol. The Morgan fingerprint density at radius 3 is 1.18 bits per heavy atom. The molecular weight excluding hydrogens is 1950 g/mol. The van der Waals surface area contributed by atoms with Gasteiger partial charge in [-0.3, -0.25) is 57.3 Å². The van der Waals surface area contributed by atoms with E-state index in [1.807, 2.05) is 0 Å². The Kier molecular flexibility index (Phi) is 38.4. The van der Waals surface area contributed by atoms with Crippen molar-refractivity contribution >= 4 is 146 Å². The molecule has 1 fully saturated rings. The lowest BCUT2D eigenvalue weighted by Gasteiger charge is -2.45. The van der Waals surface area contributed by atoms with E-state index in [4.69, 9.17) is 0 Å². The number of carbonyl (C=O) groups is 12. The number of hydrogen-bond acceptors (Lipinski definition) is 27. The number of benzene rings is 4. The number of nitrogens with zero attached hydrogens (tertiary/aromatic N) is 8. The van der Waals surface area contributed by atoms with Crippen molar-refractivity contribution in [1.29, 1.82) is 0 Å². The van der Waals surface area contributed by atoms with Crippen LogP contribution < -0.4 is 68.2 Å². The molecule has 5 heterocycles. The van der Waals surface area contributed by atoms with E-state index in [-0.39, 0.29) is 147 Å². The molecule has 2 unspecified atom stereocenters. The van der Waals surface area contributed by atoms with Gasteiger partial charge >= 0.3 is 23.9 Å². The third-order valence-corrected chi connectivity index (χ3v) is 29.8. The van der Waals surface area contributed by atoms with E-state index in [9.17, 15) is 121 Å². The highest BCUT2D eigenvalue weighted by atomic mass is 32.3. The maximum absolute atomic E-state index is 15.1. The predicted molar refractivity (Wildman–Crippen MR) is 524 cm³/mol. The summed E-state index contributed by atoms with van der Waals surface area (Å²) in [4.78, 5) is 208. The summed E-state index contributed by atoms with van der Waals surface area (Å²) in [6, 6.07) is 5.86. The number of likely N-dealkylation sites (N-methyl/N-ethyl adjacent to an activating group) is 4. The smallest absolute Gasteiger partial charge is 0.359 e. The number of Topliss-reactive ketones (excluding diaryl/α,β-unsaturated/α-hetero) is 1. The fraction of sp³-hybridized carbons (Fsp3) is 0.467. The first-order valence-electron chi connectivity index (χ1n) is 45.4. The molecule has 1 saturated heterocycles. The van der Waals surface area contributed by atoms with Crippen LogP contribution in [0.1, 0.15) is 97.8 Å². The van der Waals surface area contributed by atoms with Gasteiger partial charge in [0, 0.05) is 107 Å². The van der Waals surface area contributed by atoms with Gasteiger partial charge in [-0.15, -0.1) is 0 Å². The predicted octanol–water partition coefficient (Wildman–Crippen LogP) is -0.223. The lowest BCUT2D eigenvalue weighted by Crippen LogP contribution is -2.66. The summed E-state index contributed by atoms with van der Waals surface area (Å²) in [7, 11) is -12.5. The van der Waals surface area contributed by atoms with Crippen molar-refractivity contribution in [2.24, 2.45) is 0 Å². The number of aromatic amines is 2. The van der Waals surface area contributed by atoms with Gasteiger partial charge in [-0.25, -0.2) is 41.2 Å². The number of pyridine rings is 2. The van der Waals surface area contributed by atoms with Gasteiger partial charge in [-0.05, 0) is 125 Å². The molecule has 8 aromatic rings. The van der Waals surface area contributed by atoms with Crippen LogP contribution in [0, 0.1) is 41.5 Å². The van der Waals surface area contributed by atoms with Crippen LogP contribution >= 0.6 is 10.9 Å². The van der Waals surface area contributed by atoms with Crippen LogP contribution in [0.25, 0.3) is 21.8 Å². The second kappa shape index (κ2) is 48.4. The molecule has 7 amide bonds. The van der Waals surface area contributed by atoms with Gasteiger partial charge in [0.25, 0.3) is 27.8 Å². The minimum Gasteiger partial charge on any atom is -0.480 e. The second-order valence-corrected chi connectivity index (χ2v) is 43.7. The first-order valence-corrected chi connectivity index (χ1v) is 51.6. The topological polar surface area (TPSA) is 703 Å². The van der Waals surface area contributed by atoms with Crippen molar-refractivity contribution in [2.75, 3.05) is 155 Å². The number of rotatable bonds is 49. The summed E-state index contributed by atoms with van der Waals surface area (Å²) in [5, 5.41) is 63.8. The normalized spacial score (nSPS) is 18.3. The molecular formula is C90H127N21O28S4+4. The van der Waals surface area contributed by atoms with Gasteiger partial charge in [0.2, 0.25) is 54.5 Å². The fourth-order valence-corrected chi connectivity index (χ4v) is 21.9. The van der Waals surface area contributed by atoms with E-state index in [2.05, 4.69) is 77.2 Å². The highest BCUT2D eigenvalue weighted by Gasteiger charge is 2.43. The minimum atomic E-state index is -5.29. The summed E-state index contributed by atoms with van der Waals surface area (Å²) in [6.07, 6.45) is 6.43. The zero-order valence-electron chi connectivity index (χ0n) is 81.0. The van der Waals surface area contributed by atoms with Gasteiger partial charge in [0.15, 0.2) is 38.1 Å². The number of carboxylic acids is 4. The number of ketones is 1. The summed E-state index contributed by atoms with van der Waals surface area (Å²) in [5.41, 5.74) is 1.87. The van der Waals surface area contributed by atoms with Crippen molar-refractivity contribution in [2.45, 2.75) is 140 Å². The Morgan fingerprint density at radius 2 is 0.825 bits per heavy atom. The van der Waals surface area contributed by atoms with Crippen molar-refractivity contribution in [1.82, 2.24) is 75.7 Å². The Morgan fingerprint density at radius 1 is 0.455 bits per heavy atom. The van der Waals surface area contributed by atoms with Crippen LogP contribution in [0.2, 0.25) is 0 Å². The van der Waals surface area contributed by atoms with Gasteiger partial charge in [-0.1, -0.05) is 47.5 Å². The number of aryl methyl sites for hydroxylation is 8. The zero-order valence-corrected chi connectivity index (χ0v) is 84.2. The van der Waals surface area contributed by atoms with Crippen LogP contribution in [0.15, 0.2) is 117 Å². The molecule has 1 aliphatic heterocycles. The number of carboxylic acid groups (broad SMARTS) is 4. The Hall–Kier alpha value is -13.0. The lowest BCUT2D eigenvalue weighted by atomic mass is 10.1. The van der Waals surface area contributed by atoms with E-state index < -0.39 is 234 Å². The molecule has 143 heavy (non-hydrogen) atoms. The fourth-order valence-electron chi connectivity index (χ4n) is 17.2. The first-order chi connectivity index (χ1) is 66.7. The molecule has 9 rings (SSSR count). The number of H-pyrrole nitrogens is 2. The Labute approximate surface area is 825 Å². The number of anilines is 2. The number of aliphatic carboxylic acids is 4. The molecule has 53 heteroatoms. The summed E-state index contributed by atoms with van der Waals surface area (Å²) in [5.74, 6) is -16.3. The Bertz CT molecular complexity index is 6510. The number of fused-ring (bicyclic) bond motifs is 2. The molecule has 0 bridgehead atoms. The highest BCUT2D eigenvalue weighted by Crippen LogP contribution is 2.34. The molecule has 4 aromatic carbocycles. The molecule has 4 aromatic heterocycles. The minimum absolute atomic E-state index is 0.0103. The number of hydrogen-bond donors (Lipinski definition) is 21. The third kappa shape index (κ3) is 33.3. The standard InChI is InChI=1S/C90H123N21O28S4/c1-54-36-56(3)81(57(4)37-54)142(136,137)104-68(60(7)112)44-97-83(123)65-46-106(72-40-61(14-16-63(72)79(65)121)42-99-89-93-22-23-94-89)27-13-21-92-86(126)71(53-141(133,134)135)103-87(127)67(101-75(114)48-108(8)28-30-109(9,49-76(115)116)32-34-111(11,51-78(119)120)35-33-110(10,31-29-108)50-77(117)118)18-19-74(113)102-70(52-140(130,131)132)85(125)91-20-12-26-107-47-66(80(122)64-17-15-62(41-73(64)107)43-100-90-95-24-25-96-90)84(124)98-45-69(88(128)129)105-143(138,139)82-58(5)38-55(2)39-59(82)6/h14-17,22-25,36-41,46-47,67-71,104-105H,12-13,18-21,26-35,42-45,48-53H2,1-11H3,(H15-4,91,92,93,94,95,96,97,98,99,100,101,102,103,113,114,115,116,117,118,119,120,123,124,125,126,127,128,129,130,131,132,133,134,135)/p+4/t67-,68-,69-,70-,71-,108?,109?,110?,111?/m0/s1. The molecule has 21 N–H and O–H groups in total. The molecule has 1 aliphatic rings. The van der Waals surface area contributed by atoms with Crippen molar-refractivity contribution in [3.05, 3.63) is 174 Å². The highest BCUT2D eigenvalue weighted by molar-refractivity contribution is 8.19. The lowest BCUT2D eigenvalue weighted by molar-refractivity contribution is -1.01. The number of sulfonamides is 2. The number of quaternary nitrogens is 4. The molecule has 780 valence electrons. The molecule has 0 spiro atoms. The maximum Gasteiger partial charge on any atom is 0.359 e. The van der Waals surface area contributed by atoms with Crippen molar-refractivity contribution in [3.8, 4) is 0 Å². The van der Waals surface area contributed by atoms with Gasteiger partial charge in [0.05, 0.1) is 71.7 Å². The quantitative estimate of drug-likeness (QED) is 0.0133. The average molecular weight is 2080 g/mol. The summed E-state index contributed by atoms with van der Waals surface area (Å²) < 4.78 is 130. The molecule has 49 nitrogen and oxygen atoms in total.